The predicted molar refractivity (Wildman–Crippen MR) is 102 cm³/mol. The van der Waals surface area contributed by atoms with Crippen molar-refractivity contribution in [2.75, 3.05) is 6.54 Å². The second kappa shape index (κ2) is 8.38. The molecule has 0 heterocycles. The van der Waals surface area contributed by atoms with Crippen molar-refractivity contribution in [1.82, 2.24) is 5.32 Å². The van der Waals surface area contributed by atoms with Gasteiger partial charge >= 0.3 is 0 Å². The maximum Gasteiger partial charge on any atom is 0.0401 e. The molecule has 0 saturated carbocycles. The van der Waals surface area contributed by atoms with Gasteiger partial charge in [0.25, 0.3) is 0 Å². The number of hydrogen-bond donors (Lipinski definition) is 1. The minimum Gasteiger partial charge on any atom is -0.381 e. The van der Waals surface area contributed by atoms with Gasteiger partial charge < -0.3 is 5.32 Å². The summed E-state index contributed by atoms with van der Waals surface area (Å²) in [6.07, 6.45) is 4.29. The first kappa shape index (κ1) is 17.1. The smallest absolute Gasteiger partial charge is 0.0401 e. The monoisotopic (exact) mass is 305 g/mol. The molecule has 1 heteroatoms. The summed E-state index contributed by atoms with van der Waals surface area (Å²) in [5.41, 5.74) is 7.52. The maximum absolute atomic E-state index is 4.29. The van der Waals surface area contributed by atoms with Crippen molar-refractivity contribution in [2.45, 2.75) is 33.6 Å². The van der Waals surface area contributed by atoms with Gasteiger partial charge in [-0.2, -0.15) is 0 Å². The Bertz CT molecular complexity index is 695. The van der Waals surface area contributed by atoms with Crippen LogP contribution < -0.4 is 5.32 Å². The van der Waals surface area contributed by atoms with E-state index in [1.165, 1.54) is 28.0 Å². The van der Waals surface area contributed by atoms with Gasteiger partial charge in [-0.15, -0.1) is 0 Å². The van der Waals surface area contributed by atoms with Crippen LogP contribution in [0.3, 0.4) is 0 Å². The summed E-state index contributed by atoms with van der Waals surface area (Å²) in [6.45, 7) is 11.6. The average molecular weight is 305 g/mol. The molecular weight excluding hydrogens is 278 g/mol. The third kappa shape index (κ3) is 4.35. The van der Waals surface area contributed by atoms with Gasteiger partial charge in [0.2, 0.25) is 0 Å². The Morgan fingerprint density at radius 1 is 1.00 bits per heavy atom. The van der Waals surface area contributed by atoms with E-state index < -0.39 is 0 Å². The quantitative estimate of drug-likeness (QED) is 0.701. The van der Waals surface area contributed by atoms with Gasteiger partial charge in [-0.3, -0.25) is 0 Å². The molecule has 0 amide bonds. The summed E-state index contributed by atoms with van der Waals surface area (Å²) in [4.78, 5) is 0. The largest absolute Gasteiger partial charge is 0.381 e. The lowest BCUT2D eigenvalue weighted by Crippen LogP contribution is -2.16. The number of benzene rings is 2. The van der Waals surface area contributed by atoms with E-state index in [9.17, 15) is 0 Å². The SMILES string of the molecule is C=C(CN/C(=C/CC)c1ccccc1C)c1ccccc1CC. The van der Waals surface area contributed by atoms with Crippen molar-refractivity contribution < 1.29 is 0 Å². The van der Waals surface area contributed by atoms with Crippen LogP contribution in [0.25, 0.3) is 11.3 Å². The second-order valence-corrected chi connectivity index (χ2v) is 5.81. The van der Waals surface area contributed by atoms with E-state index >= 15 is 0 Å². The molecule has 0 aliphatic carbocycles. The van der Waals surface area contributed by atoms with E-state index in [1.807, 2.05) is 0 Å². The van der Waals surface area contributed by atoms with Gasteiger partial charge in [0.1, 0.15) is 0 Å². The summed E-state index contributed by atoms with van der Waals surface area (Å²) in [5.74, 6) is 0. The van der Waals surface area contributed by atoms with Crippen LogP contribution in [0.5, 0.6) is 0 Å². The van der Waals surface area contributed by atoms with Crippen LogP contribution in [-0.2, 0) is 6.42 Å². The van der Waals surface area contributed by atoms with Gasteiger partial charge in [0.15, 0.2) is 0 Å². The molecule has 2 aromatic carbocycles. The molecule has 0 aliphatic heterocycles. The van der Waals surface area contributed by atoms with Crippen LogP contribution in [-0.4, -0.2) is 6.54 Å². The third-order valence-corrected chi connectivity index (χ3v) is 4.11. The fraction of sp³-hybridized carbons (Fsp3) is 0.273. The average Bonchev–Trinajstić information content (AvgIpc) is 2.59. The highest BCUT2D eigenvalue weighted by atomic mass is 14.9. The minimum absolute atomic E-state index is 0.761. The topological polar surface area (TPSA) is 12.0 Å². The molecule has 0 bridgehead atoms. The first-order valence-electron chi connectivity index (χ1n) is 8.43. The molecule has 0 aromatic heterocycles. The molecule has 0 unspecified atom stereocenters. The van der Waals surface area contributed by atoms with Crippen LogP contribution in [0.2, 0.25) is 0 Å². The first-order valence-corrected chi connectivity index (χ1v) is 8.43. The van der Waals surface area contributed by atoms with Crippen molar-refractivity contribution in [3.05, 3.63) is 83.4 Å². The normalized spacial score (nSPS) is 11.3. The lowest BCUT2D eigenvalue weighted by atomic mass is 9.98. The molecular formula is C22H27N. The Hall–Kier alpha value is -2.28. The molecule has 1 N–H and O–H groups in total. The first-order chi connectivity index (χ1) is 11.2. The van der Waals surface area contributed by atoms with E-state index in [4.69, 9.17) is 0 Å². The molecule has 0 aliphatic rings. The van der Waals surface area contributed by atoms with Crippen molar-refractivity contribution in [1.29, 1.82) is 0 Å². The molecule has 0 spiro atoms. The Labute approximate surface area is 140 Å². The van der Waals surface area contributed by atoms with Crippen molar-refractivity contribution in [3.63, 3.8) is 0 Å². The van der Waals surface area contributed by atoms with Crippen molar-refractivity contribution in [2.24, 2.45) is 0 Å². The van der Waals surface area contributed by atoms with Crippen LogP contribution in [0.4, 0.5) is 0 Å². The van der Waals surface area contributed by atoms with Crippen LogP contribution in [0.15, 0.2) is 61.2 Å². The molecule has 2 aromatic rings. The van der Waals surface area contributed by atoms with Crippen LogP contribution in [0, 0.1) is 6.92 Å². The van der Waals surface area contributed by atoms with Gasteiger partial charge in [-0.1, -0.05) is 75.0 Å². The van der Waals surface area contributed by atoms with Crippen molar-refractivity contribution in [3.8, 4) is 0 Å². The number of allylic oxidation sites excluding steroid dienone is 1. The fourth-order valence-electron chi connectivity index (χ4n) is 2.83. The van der Waals surface area contributed by atoms with Gasteiger partial charge in [0, 0.05) is 17.8 Å². The highest BCUT2D eigenvalue weighted by molar-refractivity contribution is 5.72. The molecule has 2 rings (SSSR count). The Morgan fingerprint density at radius 3 is 2.30 bits per heavy atom. The summed E-state index contributed by atoms with van der Waals surface area (Å²) >= 11 is 0. The lowest BCUT2D eigenvalue weighted by molar-refractivity contribution is 1.00. The molecule has 1 nitrogen and oxygen atoms in total. The maximum atomic E-state index is 4.29. The van der Waals surface area contributed by atoms with Gasteiger partial charge in [-0.05, 0) is 42.0 Å². The van der Waals surface area contributed by atoms with E-state index in [2.05, 4.69) is 87.3 Å². The molecule has 120 valence electrons. The predicted octanol–water partition coefficient (Wildman–Crippen LogP) is 5.61. The lowest BCUT2D eigenvalue weighted by Gasteiger charge is -2.16. The number of aryl methyl sites for hydroxylation is 2. The summed E-state index contributed by atoms with van der Waals surface area (Å²) < 4.78 is 0. The van der Waals surface area contributed by atoms with Crippen molar-refractivity contribution >= 4 is 11.3 Å². The fourth-order valence-corrected chi connectivity index (χ4v) is 2.83. The second-order valence-electron chi connectivity index (χ2n) is 5.81. The summed E-state index contributed by atoms with van der Waals surface area (Å²) in [7, 11) is 0. The third-order valence-electron chi connectivity index (χ3n) is 4.11. The van der Waals surface area contributed by atoms with E-state index in [0.29, 0.717) is 0 Å². The minimum atomic E-state index is 0.761. The Kier molecular flexibility index (Phi) is 6.22. The summed E-state index contributed by atoms with van der Waals surface area (Å²) in [6, 6.07) is 17.0. The molecule has 0 atom stereocenters. The number of nitrogens with one attached hydrogen (secondary N) is 1. The molecule has 23 heavy (non-hydrogen) atoms. The van der Waals surface area contributed by atoms with Crippen LogP contribution in [0.1, 0.15) is 42.5 Å². The number of hydrogen-bond acceptors (Lipinski definition) is 1. The van der Waals surface area contributed by atoms with Gasteiger partial charge in [-0.25, -0.2) is 0 Å². The van der Waals surface area contributed by atoms with Crippen LogP contribution >= 0.6 is 0 Å². The zero-order valence-electron chi connectivity index (χ0n) is 14.5. The van der Waals surface area contributed by atoms with E-state index in [1.54, 1.807) is 0 Å². The van der Waals surface area contributed by atoms with E-state index in [0.717, 1.165) is 25.0 Å². The molecule has 0 fully saturated rings. The van der Waals surface area contributed by atoms with E-state index in [-0.39, 0.29) is 0 Å². The number of rotatable bonds is 7. The zero-order valence-corrected chi connectivity index (χ0v) is 14.5. The Morgan fingerprint density at radius 2 is 1.65 bits per heavy atom. The Balaban J connectivity index is 2.15. The highest BCUT2D eigenvalue weighted by Crippen LogP contribution is 2.21. The summed E-state index contributed by atoms with van der Waals surface area (Å²) in [5, 5.41) is 3.59. The van der Waals surface area contributed by atoms with Gasteiger partial charge in [0.05, 0.1) is 0 Å². The molecule has 0 saturated heterocycles. The standard InChI is InChI=1S/C22H27N/c1-5-11-22(21-15-9-7-12-17(21)3)23-16-18(4)20-14-10-8-13-19(20)6-2/h7-15,23H,4-6,16H2,1-3H3/b22-11+. The zero-order chi connectivity index (χ0) is 16.7. The highest BCUT2D eigenvalue weighted by Gasteiger charge is 2.07. The molecule has 0 radical (unpaired) electrons.